The number of alkyl halides is 3. The lowest BCUT2D eigenvalue weighted by Crippen LogP contribution is -2.14. The van der Waals surface area contributed by atoms with Crippen molar-refractivity contribution >= 4 is 23.4 Å². The SMILES string of the molecule is CN(C)c1ccc(-n2cccc2/C=C(/C#N)C(=O)Nc2cccc(C(F)(F)F)c2)cc1. The Morgan fingerprint density at radius 1 is 1.10 bits per heavy atom. The molecule has 0 bridgehead atoms. The fourth-order valence-electron chi connectivity index (χ4n) is 2.93. The summed E-state index contributed by atoms with van der Waals surface area (Å²) >= 11 is 0. The van der Waals surface area contributed by atoms with Gasteiger partial charge in [-0.2, -0.15) is 18.4 Å². The summed E-state index contributed by atoms with van der Waals surface area (Å²) in [6.45, 7) is 0. The lowest BCUT2D eigenvalue weighted by molar-refractivity contribution is -0.137. The van der Waals surface area contributed by atoms with Crippen molar-refractivity contribution in [1.82, 2.24) is 4.57 Å². The standard InChI is InChI=1S/C23H19F3N4O/c1-29(2)19-8-10-20(11-9-19)30-12-4-7-21(30)13-16(15-27)22(31)28-18-6-3-5-17(14-18)23(24,25)26/h3-14H,1-2H3,(H,28,31)/b16-13-. The molecule has 5 nitrogen and oxygen atoms in total. The van der Waals surface area contributed by atoms with Gasteiger partial charge in [-0.3, -0.25) is 4.79 Å². The maximum atomic E-state index is 12.9. The zero-order chi connectivity index (χ0) is 22.6. The highest BCUT2D eigenvalue weighted by molar-refractivity contribution is 6.09. The molecule has 31 heavy (non-hydrogen) atoms. The Bertz CT molecular complexity index is 1150. The average molecular weight is 424 g/mol. The summed E-state index contributed by atoms with van der Waals surface area (Å²) in [7, 11) is 3.86. The van der Waals surface area contributed by atoms with Crippen molar-refractivity contribution in [3.05, 3.63) is 83.7 Å². The Morgan fingerprint density at radius 3 is 2.42 bits per heavy atom. The van der Waals surface area contributed by atoms with Crippen molar-refractivity contribution in [3.8, 4) is 11.8 Å². The van der Waals surface area contributed by atoms with E-state index in [1.54, 1.807) is 22.9 Å². The van der Waals surface area contributed by atoms with E-state index in [0.29, 0.717) is 5.69 Å². The van der Waals surface area contributed by atoms with E-state index in [-0.39, 0.29) is 11.3 Å². The van der Waals surface area contributed by atoms with Crippen molar-refractivity contribution in [2.45, 2.75) is 6.18 Å². The molecule has 0 aliphatic heterocycles. The Hall–Kier alpha value is -3.99. The van der Waals surface area contributed by atoms with Crippen LogP contribution in [0.5, 0.6) is 0 Å². The van der Waals surface area contributed by atoms with Gasteiger partial charge in [0.05, 0.1) is 5.56 Å². The Balaban J connectivity index is 1.85. The van der Waals surface area contributed by atoms with Gasteiger partial charge >= 0.3 is 6.18 Å². The van der Waals surface area contributed by atoms with E-state index in [4.69, 9.17) is 0 Å². The highest BCUT2D eigenvalue weighted by Gasteiger charge is 2.30. The summed E-state index contributed by atoms with van der Waals surface area (Å²) in [5.74, 6) is -0.794. The van der Waals surface area contributed by atoms with Crippen molar-refractivity contribution in [3.63, 3.8) is 0 Å². The third-order valence-electron chi connectivity index (χ3n) is 4.53. The number of aromatic nitrogens is 1. The van der Waals surface area contributed by atoms with E-state index in [9.17, 15) is 23.2 Å². The first-order chi connectivity index (χ1) is 14.7. The second-order valence-corrected chi connectivity index (χ2v) is 6.92. The van der Waals surface area contributed by atoms with Gasteiger partial charge in [-0.05, 0) is 60.7 Å². The molecular formula is C23H19F3N4O. The third kappa shape index (κ3) is 5.14. The number of nitrogens with zero attached hydrogens (tertiary/aromatic N) is 3. The number of rotatable bonds is 5. The van der Waals surface area contributed by atoms with E-state index in [2.05, 4.69) is 5.32 Å². The van der Waals surface area contributed by atoms with E-state index >= 15 is 0 Å². The predicted octanol–water partition coefficient (Wildman–Crippen LogP) is 5.11. The van der Waals surface area contributed by atoms with E-state index in [0.717, 1.165) is 23.5 Å². The smallest absolute Gasteiger partial charge is 0.378 e. The van der Waals surface area contributed by atoms with Gasteiger partial charge in [0.1, 0.15) is 11.6 Å². The minimum Gasteiger partial charge on any atom is -0.378 e. The molecule has 0 radical (unpaired) electrons. The molecule has 0 unspecified atom stereocenters. The lowest BCUT2D eigenvalue weighted by atomic mass is 10.1. The van der Waals surface area contributed by atoms with Crippen molar-refractivity contribution in [2.24, 2.45) is 0 Å². The van der Waals surface area contributed by atoms with Crippen molar-refractivity contribution in [2.75, 3.05) is 24.3 Å². The molecule has 3 aromatic rings. The molecule has 0 aliphatic carbocycles. The van der Waals surface area contributed by atoms with Gasteiger partial charge in [0.2, 0.25) is 0 Å². The minimum atomic E-state index is -4.53. The van der Waals surface area contributed by atoms with E-state index in [1.165, 1.54) is 18.2 Å². The van der Waals surface area contributed by atoms with Crippen LogP contribution in [0, 0.1) is 11.3 Å². The summed E-state index contributed by atoms with van der Waals surface area (Å²) in [6, 6.07) is 17.3. The highest BCUT2D eigenvalue weighted by Crippen LogP contribution is 2.30. The largest absolute Gasteiger partial charge is 0.416 e. The molecule has 1 heterocycles. The quantitative estimate of drug-likeness (QED) is 0.458. The summed E-state index contributed by atoms with van der Waals surface area (Å²) in [5.41, 5.74) is 1.26. The van der Waals surface area contributed by atoms with Gasteiger partial charge in [0.15, 0.2) is 0 Å². The van der Waals surface area contributed by atoms with Crippen molar-refractivity contribution < 1.29 is 18.0 Å². The Labute approximate surface area is 177 Å². The second-order valence-electron chi connectivity index (χ2n) is 6.92. The number of anilines is 2. The Kier molecular flexibility index (Phi) is 6.16. The molecule has 0 saturated heterocycles. The molecule has 0 aliphatic rings. The van der Waals surface area contributed by atoms with Gasteiger partial charge < -0.3 is 14.8 Å². The van der Waals surface area contributed by atoms with Crippen LogP contribution in [-0.2, 0) is 11.0 Å². The van der Waals surface area contributed by atoms with Crippen LogP contribution in [0.3, 0.4) is 0 Å². The number of hydrogen-bond acceptors (Lipinski definition) is 3. The van der Waals surface area contributed by atoms with Crippen LogP contribution in [0.25, 0.3) is 11.8 Å². The van der Waals surface area contributed by atoms with Gasteiger partial charge in [0.25, 0.3) is 5.91 Å². The molecule has 0 spiro atoms. The molecule has 1 aromatic heterocycles. The lowest BCUT2D eigenvalue weighted by Gasteiger charge is -2.14. The number of benzene rings is 2. The van der Waals surface area contributed by atoms with Crippen LogP contribution in [-0.4, -0.2) is 24.6 Å². The van der Waals surface area contributed by atoms with Crippen LogP contribution >= 0.6 is 0 Å². The third-order valence-corrected chi connectivity index (χ3v) is 4.53. The summed E-state index contributed by atoms with van der Waals surface area (Å²) < 4.78 is 40.4. The molecule has 158 valence electrons. The van der Waals surface area contributed by atoms with E-state index < -0.39 is 17.6 Å². The number of amides is 1. The fourth-order valence-corrected chi connectivity index (χ4v) is 2.93. The predicted molar refractivity (Wildman–Crippen MR) is 114 cm³/mol. The summed E-state index contributed by atoms with van der Waals surface area (Å²) in [4.78, 5) is 14.5. The van der Waals surface area contributed by atoms with Crippen LogP contribution < -0.4 is 10.2 Å². The molecule has 0 fully saturated rings. The molecular weight excluding hydrogens is 405 g/mol. The first kappa shape index (κ1) is 21.7. The number of carbonyl (C=O) groups is 1. The maximum Gasteiger partial charge on any atom is 0.416 e. The molecule has 8 heteroatoms. The second kappa shape index (κ2) is 8.79. The highest BCUT2D eigenvalue weighted by atomic mass is 19.4. The Morgan fingerprint density at radius 2 is 1.81 bits per heavy atom. The van der Waals surface area contributed by atoms with Crippen LogP contribution in [0.4, 0.5) is 24.5 Å². The van der Waals surface area contributed by atoms with Gasteiger partial charge in [-0.1, -0.05) is 6.07 Å². The number of carbonyl (C=O) groups excluding carboxylic acids is 1. The van der Waals surface area contributed by atoms with Crippen LogP contribution in [0.1, 0.15) is 11.3 Å². The number of halogens is 3. The topological polar surface area (TPSA) is 61.1 Å². The molecule has 1 N–H and O–H groups in total. The summed E-state index contributed by atoms with van der Waals surface area (Å²) in [5, 5.41) is 11.8. The number of nitrogens with one attached hydrogen (secondary N) is 1. The van der Waals surface area contributed by atoms with E-state index in [1.807, 2.05) is 49.3 Å². The molecule has 0 atom stereocenters. The normalized spacial score (nSPS) is 11.7. The van der Waals surface area contributed by atoms with Gasteiger partial charge in [-0.15, -0.1) is 0 Å². The molecule has 3 rings (SSSR count). The monoisotopic (exact) mass is 424 g/mol. The number of hydrogen-bond donors (Lipinski definition) is 1. The molecule has 0 saturated carbocycles. The zero-order valence-corrected chi connectivity index (χ0v) is 16.8. The van der Waals surface area contributed by atoms with Crippen molar-refractivity contribution in [1.29, 1.82) is 5.26 Å². The summed E-state index contributed by atoms with van der Waals surface area (Å²) in [6.07, 6.45) is -1.35. The van der Waals surface area contributed by atoms with Crippen LogP contribution in [0.2, 0.25) is 0 Å². The fraction of sp³-hybridized carbons (Fsp3) is 0.130. The first-order valence-electron chi connectivity index (χ1n) is 9.24. The van der Waals surface area contributed by atoms with Gasteiger partial charge in [0, 0.05) is 43.0 Å². The maximum absolute atomic E-state index is 12.9. The molecule has 1 amide bonds. The average Bonchev–Trinajstić information content (AvgIpc) is 3.19. The first-order valence-corrected chi connectivity index (χ1v) is 9.24. The zero-order valence-electron chi connectivity index (χ0n) is 16.8. The van der Waals surface area contributed by atoms with Crippen LogP contribution in [0.15, 0.2) is 72.4 Å². The number of nitriles is 1. The minimum absolute atomic E-state index is 0.0457. The molecule has 2 aromatic carbocycles. The van der Waals surface area contributed by atoms with Gasteiger partial charge in [-0.25, -0.2) is 0 Å².